The van der Waals surface area contributed by atoms with E-state index in [-0.39, 0.29) is 5.60 Å². The maximum Gasteiger partial charge on any atom is 0.150 e. The molecule has 2 fully saturated rings. The lowest BCUT2D eigenvalue weighted by atomic mass is 9.89. The summed E-state index contributed by atoms with van der Waals surface area (Å²) in [6.07, 6.45) is 6.15. The third-order valence-electron chi connectivity index (χ3n) is 8.38. The number of anilines is 2. The molecule has 0 unspecified atom stereocenters. The molecule has 198 valence electrons. The number of thiophene rings is 1. The first-order valence-electron chi connectivity index (χ1n) is 13.9. The fraction of sp³-hybridized carbons (Fsp3) is 0.500. The number of rotatable bonds is 4. The Morgan fingerprint density at radius 3 is 2.50 bits per heavy atom. The number of piperidine rings is 1. The smallest absolute Gasteiger partial charge is 0.150 e. The van der Waals surface area contributed by atoms with Crippen LogP contribution in [0.4, 0.5) is 11.6 Å². The fourth-order valence-corrected chi connectivity index (χ4v) is 7.51. The van der Waals surface area contributed by atoms with Crippen molar-refractivity contribution in [3.63, 3.8) is 0 Å². The van der Waals surface area contributed by atoms with Gasteiger partial charge in [0, 0.05) is 43.5 Å². The summed E-state index contributed by atoms with van der Waals surface area (Å²) in [5.41, 5.74) is 4.86. The summed E-state index contributed by atoms with van der Waals surface area (Å²) < 4.78 is 13.1. The van der Waals surface area contributed by atoms with E-state index in [1.165, 1.54) is 39.6 Å². The second-order valence-electron chi connectivity index (χ2n) is 11.5. The van der Waals surface area contributed by atoms with Gasteiger partial charge in [0.2, 0.25) is 0 Å². The number of aromatic nitrogens is 3. The summed E-state index contributed by atoms with van der Waals surface area (Å²) in [4.78, 5) is 20.9. The van der Waals surface area contributed by atoms with Crippen LogP contribution < -0.4 is 9.80 Å². The van der Waals surface area contributed by atoms with Crippen molar-refractivity contribution in [2.45, 2.75) is 51.7 Å². The van der Waals surface area contributed by atoms with E-state index < -0.39 is 0 Å². The third kappa shape index (κ3) is 4.42. The molecule has 0 aliphatic carbocycles. The Morgan fingerprint density at radius 1 is 0.947 bits per heavy atom. The normalized spacial score (nSPS) is 20.3. The van der Waals surface area contributed by atoms with Crippen LogP contribution >= 0.6 is 11.3 Å². The van der Waals surface area contributed by atoms with Crippen LogP contribution in [0.25, 0.3) is 20.4 Å². The molecule has 2 saturated heterocycles. The topological polar surface area (TPSA) is 63.6 Å². The Labute approximate surface area is 227 Å². The molecule has 0 saturated carbocycles. The van der Waals surface area contributed by atoms with Crippen LogP contribution in [-0.2, 0) is 28.9 Å². The number of fused-ring (bicyclic) bond motifs is 5. The average Bonchev–Trinajstić information content (AvgIpc) is 3.33. The maximum atomic E-state index is 6.30. The average molecular weight is 530 g/mol. The summed E-state index contributed by atoms with van der Waals surface area (Å²) >= 11 is 1.76. The van der Waals surface area contributed by atoms with Gasteiger partial charge in [-0.15, -0.1) is 11.3 Å². The molecule has 7 nitrogen and oxygen atoms in total. The van der Waals surface area contributed by atoms with E-state index >= 15 is 0 Å². The van der Waals surface area contributed by atoms with Crippen LogP contribution in [-0.4, -0.2) is 59.9 Å². The molecule has 6 heterocycles. The lowest BCUT2D eigenvalue weighted by molar-refractivity contribution is -0.0396. The largest absolute Gasteiger partial charge is 0.378 e. The van der Waals surface area contributed by atoms with Crippen molar-refractivity contribution in [2.24, 2.45) is 5.92 Å². The number of ether oxygens (including phenoxy) is 2. The molecule has 0 radical (unpaired) electrons. The summed E-state index contributed by atoms with van der Waals surface area (Å²) in [7, 11) is 0. The van der Waals surface area contributed by atoms with Crippen LogP contribution in [0.15, 0.2) is 36.7 Å². The molecule has 0 bridgehead atoms. The molecular weight excluding hydrogens is 494 g/mol. The maximum absolute atomic E-state index is 6.30. The summed E-state index contributed by atoms with van der Waals surface area (Å²) in [5.74, 6) is 2.86. The number of pyridine rings is 1. The van der Waals surface area contributed by atoms with Crippen LogP contribution in [0, 0.1) is 5.92 Å². The van der Waals surface area contributed by atoms with Crippen LogP contribution in [0.5, 0.6) is 0 Å². The van der Waals surface area contributed by atoms with Gasteiger partial charge in [0.05, 0.1) is 35.6 Å². The standard InChI is InChI=1S/C30H35N5O2S/c1-30(2)17-22-23(18-37-30)27(35-12-14-36-15-13-35)33-29-24(22)25-26(38-29)28(32-19-31-25)34-10-8-21(9-11-34)16-20-6-4-3-5-7-20/h3-7,19,21H,8-18H2,1-2H3. The summed E-state index contributed by atoms with van der Waals surface area (Å²) in [5, 5.41) is 1.20. The first-order valence-corrected chi connectivity index (χ1v) is 14.7. The summed E-state index contributed by atoms with van der Waals surface area (Å²) in [6, 6.07) is 10.9. The Morgan fingerprint density at radius 2 is 1.71 bits per heavy atom. The Hall–Kier alpha value is -2.81. The van der Waals surface area contributed by atoms with Gasteiger partial charge in [0.15, 0.2) is 0 Å². The zero-order valence-electron chi connectivity index (χ0n) is 22.3. The first-order chi connectivity index (χ1) is 18.6. The predicted octanol–water partition coefficient (Wildman–Crippen LogP) is 5.39. The number of hydrogen-bond donors (Lipinski definition) is 0. The summed E-state index contributed by atoms with van der Waals surface area (Å²) in [6.45, 7) is 10.2. The first kappa shape index (κ1) is 24.2. The van der Waals surface area contributed by atoms with Gasteiger partial charge < -0.3 is 19.3 Å². The predicted molar refractivity (Wildman–Crippen MR) is 153 cm³/mol. The van der Waals surface area contributed by atoms with Crippen LogP contribution in [0.1, 0.15) is 43.4 Å². The third-order valence-corrected chi connectivity index (χ3v) is 9.45. The van der Waals surface area contributed by atoms with Gasteiger partial charge in [-0.25, -0.2) is 15.0 Å². The molecule has 0 spiro atoms. The Kier molecular flexibility index (Phi) is 6.21. The van der Waals surface area contributed by atoms with E-state index in [0.29, 0.717) is 6.61 Å². The monoisotopic (exact) mass is 529 g/mol. The highest BCUT2D eigenvalue weighted by molar-refractivity contribution is 7.26. The molecule has 0 N–H and O–H groups in total. The van der Waals surface area contributed by atoms with E-state index in [4.69, 9.17) is 24.4 Å². The SMILES string of the molecule is CC1(C)Cc2c(c(N3CCOCC3)nc3sc4c(N5CCC(Cc6ccccc6)CC5)ncnc4c23)CO1. The van der Waals surface area contributed by atoms with Gasteiger partial charge >= 0.3 is 0 Å². The Bertz CT molecular complexity index is 1460. The van der Waals surface area contributed by atoms with Gasteiger partial charge in [-0.1, -0.05) is 30.3 Å². The number of benzene rings is 1. The van der Waals surface area contributed by atoms with Crippen molar-refractivity contribution < 1.29 is 9.47 Å². The Balaban J connectivity index is 1.26. The molecule has 8 heteroatoms. The highest BCUT2D eigenvalue weighted by Crippen LogP contribution is 2.45. The van der Waals surface area contributed by atoms with Crippen molar-refractivity contribution in [3.05, 3.63) is 53.3 Å². The van der Waals surface area contributed by atoms with Gasteiger partial charge in [-0.05, 0) is 50.2 Å². The molecule has 0 atom stereocenters. The van der Waals surface area contributed by atoms with E-state index in [2.05, 4.69) is 54.0 Å². The van der Waals surface area contributed by atoms with Crippen molar-refractivity contribution in [1.29, 1.82) is 0 Å². The zero-order chi connectivity index (χ0) is 25.7. The molecule has 3 aromatic heterocycles. The van der Waals surface area contributed by atoms with E-state index in [1.54, 1.807) is 17.7 Å². The molecule has 1 aromatic carbocycles. The zero-order valence-corrected chi connectivity index (χ0v) is 23.1. The molecule has 38 heavy (non-hydrogen) atoms. The highest BCUT2D eigenvalue weighted by Gasteiger charge is 2.34. The van der Waals surface area contributed by atoms with E-state index in [1.807, 2.05) is 0 Å². The number of nitrogens with zero attached hydrogens (tertiary/aromatic N) is 5. The van der Waals surface area contributed by atoms with E-state index in [9.17, 15) is 0 Å². The van der Waals surface area contributed by atoms with Crippen LogP contribution in [0.2, 0.25) is 0 Å². The molecule has 3 aliphatic rings. The van der Waals surface area contributed by atoms with Crippen LogP contribution in [0.3, 0.4) is 0 Å². The number of morpholine rings is 1. The van der Waals surface area contributed by atoms with Crippen molar-refractivity contribution in [1.82, 2.24) is 15.0 Å². The fourth-order valence-electron chi connectivity index (χ4n) is 6.34. The molecule has 0 amide bonds. The molecular formula is C30H35N5O2S. The quantitative estimate of drug-likeness (QED) is 0.351. The lowest BCUT2D eigenvalue weighted by Crippen LogP contribution is -2.39. The van der Waals surface area contributed by atoms with Crippen molar-refractivity contribution >= 4 is 43.4 Å². The minimum absolute atomic E-state index is 0.214. The molecule has 7 rings (SSSR count). The lowest BCUT2D eigenvalue weighted by Gasteiger charge is -2.36. The van der Waals surface area contributed by atoms with Crippen molar-refractivity contribution in [2.75, 3.05) is 49.2 Å². The highest BCUT2D eigenvalue weighted by atomic mass is 32.1. The van der Waals surface area contributed by atoms with Gasteiger partial charge in [-0.2, -0.15) is 0 Å². The number of hydrogen-bond acceptors (Lipinski definition) is 8. The van der Waals surface area contributed by atoms with Gasteiger partial charge in [0.1, 0.15) is 22.8 Å². The van der Waals surface area contributed by atoms with Gasteiger partial charge in [-0.3, -0.25) is 0 Å². The second kappa shape index (κ2) is 9.74. The minimum atomic E-state index is -0.214. The minimum Gasteiger partial charge on any atom is -0.378 e. The molecule has 4 aromatic rings. The second-order valence-corrected chi connectivity index (χ2v) is 12.5. The van der Waals surface area contributed by atoms with Gasteiger partial charge in [0.25, 0.3) is 0 Å². The van der Waals surface area contributed by atoms with Crippen molar-refractivity contribution in [3.8, 4) is 0 Å². The van der Waals surface area contributed by atoms with E-state index in [0.717, 1.165) is 80.1 Å². The molecule has 3 aliphatic heterocycles.